The molecule has 1 aromatic heterocycles. The van der Waals surface area contributed by atoms with Crippen LogP contribution in [0.25, 0.3) is 0 Å². The lowest BCUT2D eigenvalue weighted by Crippen LogP contribution is -2.37. The van der Waals surface area contributed by atoms with Crippen LogP contribution in [0.5, 0.6) is 0 Å². The van der Waals surface area contributed by atoms with Gasteiger partial charge in [-0.15, -0.1) is 11.8 Å². The van der Waals surface area contributed by atoms with E-state index in [-0.39, 0.29) is 12.0 Å². The van der Waals surface area contributed by atoms with E-state index in [2.05, 4.69) is 17.1 Å². The maximum atomic E-state index is 12.6. The number of nitrogens with zero attached hydrogens (tertiary/aromatic N) is 2. The molecule has 0 atom stereocenters. The zero-order valence-electron chi connectivity index (χ0n) is 15.6. The largest absolute Gasteiger partial charge is 0.378 e. The number of carbonyl (C=O) groups excluding carboxylic acids is 1. The first-order valence-electron chi connectivity index (χ1n) is 8.89. The van der Waals surface area contributed by atoms with E-state index in [1.54, 1.807) is 11.8 Å². The van der Waals surface area contributed by atoms with Crippen molar-refractivity contribution in [2.75, 3.05) is 50.1 Å². The van der Waals surface area contributed by atoms with Gasteiger partial charge < -0.3 is 19.7 Å². The van der Waals surface area contributed by atoms with E-state index < -0.39 is 0 Å². The molecule has 6 nitrogen and oxygen atoms in total. The number of anilines is 1. The molecule has 1 amide bonds. The SMILES string of the molecule is CCSc1nc(N2CCOCC2)cc(C)c1C(=O)NCCOC(C)C. The van der Waals surface area contributed by atoms with Crippen LogP contribution in [-0.2, 0) is 9.47 Å². The van der Waals surface area contributed by atoms with Crippen molar-refractivity contribution in [1.82, 2.24) is 10.3 Å². The zero-order chi connectivity index (χ0) is 18.2. The van der Waals surface area contributed by atoms with E-state index in [1.807, 2.05) is 26.8 Å². The summed E-state index contributed by atoms with van der Waals surface area (Å²) in [5.74, 6) is 1.72. The Balaban J connectivity index is 2.14. The molecule has 0 radical (unpaired) electrons. The van der Waals surface area contributed by atoms with E-state index in [1.165, 1.54) is 0 Å². The highest BCUT2D eigenvalue weighted by Gasteiger charge is 2.20. The molecule has 2 heterocycles. The van der Waals surface area contributed by atoms with E-state index >= 15 is 0 Å². The van der Waals surface area contributed by atoms with Gasteiger partial charge in [-0.3, -0.25) is 4.79 Å². The average Bonchev–Trinajstić information content (AvgIpc) is 2.59. The third kappa shape index (κ3) is 5.87. The zero-order valence-corrected chi connectivity index (χ0v) is 16.4. The molecule has 1 aromatic rings. The number of thioether (sulfide) groups is 1. The van der Waals surface area contributed by atoms with Crippen LogP contribution in [0.2, 0.25) is 0 Å². The number of nitrogens with one attached hydrogen (secondary N) is 1. The van der Waals surface area contributed by atoms with E-state index in [9.17, 15) is 4.79 Å². The molecular formula is C18H29N3O3S. The molecule has 25 heavy (non-hydrogen) atoms. The Bertz CT molecular complexity index is 575. The second-order valence-electron chi connectivity index (χ2n) is 6.19. The molecule has 0 bridgehead atoms. The molecule has 1 aliphatic rings. The minimum absolute atomic E-state index is 0.0816. The molecule has 7 heteroatoms. The van der Waals surface area contributed by atoms with Gasteiger partial charge in [-0.05, 0) is 38.2 Å². The van der Waals surface area contributed by atoms with Crippen LogP contribution in [-0.4, -0.2) is 62.2 Å². The average molecular weight is 368 g/mol. The molecule has 1 fully saturated rings. The standard InChI is InChI=1S/C18H29N3O3S/c1-5-25-18-16(17(22)19-6-9-24-13(2)3)14(4)12-15(20-18)21-7-10-23-11-8-21/h12-13H,5-11H2,1-4H3,(H,19,22). The van der Waals surface area contributed by atoms with Crippen LogP contribution in [0.1, 0.15) is 36.7 Å². The molecule has 0 aromatic carbocycles. The van der Waals surface area contributed by atoms with Crippen molar-refractivity contribution in [2.45, 2.75) is 38.8 Å². The molecular weight excluding hydrogens is 338 g/mol. The number of aromatic nitrogens is 1. The third-order valence-corrected chi connectivity index (χ3v) is 4.71. The van der Waals surface area contributed by atoms with Crippen molar-refractivity contribution in [3.05, 3.63) is 17.2 Å². The molecule has 140 valence electrons. The van der Waals surface area contributed by atoms with Gasteiger partial charge in [-0.1, -0.05) is 6.92 Å². The summed E-state index contributed by atoms with van der Waals surface area (Å²) in [7, 11) is 0. The van der Waals surface area contributed by atoms with Crippen LogP contribution in [0.15, 0.2) is 11.1 Å². The smallest absolute Gasteiger partial charge is 0.254 e. The highest BCUT2D eigenvalue weighted by molar-refractivity contribution is 7.99. The summed E-state index contributed by atoms with van der Waals surface area (Å²) in [6.45, 7) is 12.1. The maximum absolute atomic E-state index is 12.6. The van der Waals surface area contributed by atoms with E-state index in [4.69, 9.17) is 14.5 Å². The predicted molar refractivity (Wildman–Crippen MR) is 102 cm³/mol. The number of rotatable bonds is 8. The molecule has 0 aliphatic carbocycles. The molecule has 2 rings (SSSR count). The topological polar surface area (TPSA) is 63.7 Å². The first kappa shape index (κ1) is 20.0. The Morgan fingerprint density at radius 3 is 2.80 bits per heavy atom. The van der Waals surface area contributed by atoms with Crippen LogP contribution in [0, 0.1) is 6.92 Å². The van der Waals surface area contributed by atoms with Crippen LogP contribution in [0.4, 0.5) is 5.82 Å². The van der Waals surface area contributed by atoms with Crippen LogP contribution < -0.4 is 10.2 Å². The molecule has 1 saturated heterocycles. The van der Waals surface area contributed by atoms with Gasteiger partial charge in [-0.25, -0.2) is 4.98 Å². The van der Waals surface area contributed by atoms with Crippen LogP contribution >= 0.6 is 11.8 Å². The van der Waals surface area contributed by atoms with Crippen molar-refractivity contribution in [1.29, 1.82) is 0 Å². The van der Waals surface area contributed by atoms with Gasteiger partial charge in [0.2, 0.25) is 0 Å². The minimum Gasteiger partial charge on any atom is -0.378 e. The molecule has 1 aliphatic heterocycles. The number of hydrogen-bond acceptors (Lipinski definition) is 6. The summed E-state index contributed by atoms with van der Waals surface area (Å²) in [5, 5.41) is 3.74. The summed E-state index contributed by atoms with van der Waals surface area (Å²) in [6.07, 6.45) is 0.166. The monoisotopic (exact) mass is 367 g/mol. The third-order valence-electron chi connectivity index (χ3n) is 3.85. The number of carbonyl (C=O) groups is 1. The first-order valence-corrected chi connectivity index (χ1v) is 9.88. The number of amides is 1. The second-order valence-corrected chi connectivity index (χ2v) is 7.44. The first-order chi connectivity index (χ1) is 12.0. The predicted octanol–water partition coefficient (Wildman–Crippen LogP) is 2.49. The normalized spacial score (nSPS) is 14.8. The van der Waals surface area contributed by atoms with Crippen molar-refractivity contribution >= 4 is 23.5 Å². The van der Waals surface area contributed by atoms with E-state index in [0.717, 1.165) is 48.5 Å². The van der Waals surface area contributed by atoms with Gasteiger partial charge in [0.15, 0.2) is 0 Å². The highest BCUT2D eigenvalue weighted by Crippen LogP contribution is 2.27. The lowest BCUT2D eigenvalue weighted by atomic mass is 10.1. The summed E-state index contributed by atoms with van der Waals surface area (Å²) in [6, 6.07) is 2.00. The maximum Gasteiger partial charge on any atom is 0.254 e. The molecule has 0 unspecified atom stereocenters. The Morgan fingerprint density at radius 2 is 2.16 bits per heavy atom. The summed E-state index contributed by atoms with van der Waals surface area (Å²) in [4.78, 5) is 19.6. The van der Waals surface area contributed by atoms with Gasteiger partial charge >= 0.3 is 0 Å². The fourth-order valence-electron chi connectivity index (χ4n) is 2.65. The summed E-state index contributed by atoms with van der Waals surface area (Å²) in [5.41, 5.74) is 1.63. The van der Waals surface area contributed by atoms with E-state index in [0.29, 0.717) is 18.7 Å². The molecule has 0 saturated carbocycles. The summed E-state index contributed by atoms with van der Waals surface area (Å²) < 4.78 is 10.9. The minimum atomic E-state index is -0.0816. The highest BCUT2D eigenvalue weighted by atomic mass is 32.2. The number of hydrogen-bond donors (Lipinski definition) is 1. The Morgan fingerprint density at radius 1 is 1.44 bits per heavy atom. The van der Waals surface area contributed by atoms with Crippen molar-refractivity contribution < 1.29 is 14.3 Å². The number of ether oxygens (including phenoxy) is 2. The van der Waals surface area contributed by atoms with Crippen molar-refractivity contribution in [3.63, 3.8) is 0 Å². The number of morpholine rings is 1. The van der Waals surface area contributed by atoms with Gasteiger partial charge in [0.25, 0.3) is 5.91 Å². The fraction of sp³-hybridized carbons (Fsp3) is 0.667. The van der Waals surface area contributed by atoms with Gasteiger partial charge in [0.1, 0.15) is 10.8 Å². The quantitative estimate of drug-likeness (QED) is 0.563. The number of pyridine rings is 1. The van der Waals surface area contributed by atoms with Gasteiger partial charge in [0, 0.05) is 19.6 Å². The van der Waals surface area contributed by atoms with Crippen molar-refractivity contribution in [2.24, 2.45) is 0 Å². The lowest BCUT2D eigenvalue weighted by Gasteiger charge is -2.28. The Labute approximate surface area is 154 Å². The lowest BCUT2D eigenvalue weighted by molar-refractivity contribution is 0.0745. The fourth-order valence-corrected chi connectivity index (χ4v) is 3.48. The van der Waals surface area contributed by atoms with Gasteiger partial charge in [0.05, 0.1) is 31.5 Å². The van der Waals surface area contributed by atoms with Crippen LogP contribution in [0.3, 0.4) is 0 Å². The number of aryl methyl sites for hydroxylation is 1. The Hall–Kier alpha value is -1.31. The molecule has 1 N–H and O–H groups in total. The Kier molecular flexibility index (Phi) is 7.99. The summed E-state index contributed by atoms with van der Waals surface area (Å²) >= 11 is 1.61. The second kappa shape index (κ2) is 9.99. The van der Waals surface area contributed by atoms with Gasteiger partial charge in [-0.2, -0.15) is 0 Å². The van der Waals surface area contributed by atoms with Crippen molar-refractivity contribution in [3.8, 4) is 0 Å². The molecule has 0 spiro atoms.